The first-order chi connectivity index (χ1) is 12.8. The van der Waals surface area contributed by atoms with Gasteiger partial charge in [0.2, 0.25) is 0 Å². The molecule has 4 nitrogen and oxygen atoms in total. The van der Waals surface area contributed by atoms with Gasteiger partial charge in [0.25, 0.3) is 0 Å². The summed E-state index contributed by atoms with van der Waals surface area (Å²) in [6.07, 6.45) is 8.59. The monoisotopic (exact) mass is 375 g/mol. The molecule has 27 heavy (non-hydrogen) atoms. The number of carbonyl (C=O) groups excluding carboxylic acids is 1. The van der Waals surface area contributed by atoms with Crippen molar-refractivity contribution in [2.24, 2.45) is 40.4 Å². The molecular formula is C23H37NO3. The van der Waals surface area contributed by atoms with Crippen LogP contribution in [-0.2, 0) is 9.53 Å². The first kappa shape index (κ1) is 18.4. The molecule has 6 rings (SSSR count). The van der Waals surface area contributed by atoms with E-state index in [2.05, 4.69) is 25.7 Å². The van der Waals surface area contributed by atoms with Crippen molar-refractivity contribution in [1.82, 2.24) is 4.90 Å². The van der Waals surface area contributed by atoms with Crippen molar-refractivity contribution in [2.75, 3.05) is 13.7 Å². The first-order valence-corrected chi connectivity index (χ1v) is 11.4. The summed E-state index contributed by atoms with van der Waals surface area (Å²) >= 11 is 0. The molecule has 3 saturated carbocycles. The number of hydrogen-bond acceptors (Lipinski definition) is 4. The number of rotatable bonds is 4. The van der Waals surface area contributed by atoms with Crippen LogP contribution in [0.3, 0.4) is 0 Å². The van der Waals surface area contributed by atoms with Gasteiger partial charge in [-0.25, -0.2) is 0 Å². The van der Waals surface area contributed by atoms with Crippen molar-refractivity contribution < 1.29 is 14.6 Å². The lowest BCUT2D eigenvalue weighted by molar-refractivity contribution is -0.388. The van der Waals surface area contributed by atoms with E-state index in [1.807, 2.05) is 0 Å². The smallest absolute Gasteiger partial charge is 0.305 e. The van der Waals surface area contributed by atoms with Crippen LogP contribution in [-0.4, -0.2) is 41.4 Å². The minimum absolute atomic E-state index is 0.0606. The molecule has 6 fully saturated rings. The molecule has 1 N–H and O–H groups in total. The van der Waals surface area contributed by atoms with Crippen molar-refractivity contribution in [3.8, 4) is 0 Å². The topological polar surface area (TPSA) is 49.8 Å². The molecule has 3 heterocycles. The van der Waals surface area contributed by atoms with Crippen molar-refractivity contribution >= 4 is 5.97 Å². The number of carbonyl (C=O) groups is 1. The number of methoxy groups -OCH3 is 1. The molecule has 152 valence electrons. The van der Waals surface area contributed by atoms with E-state index >= 15 is 0 Å². The zero-order chi connectivity index (χ0) is 19.2. The largest absolute Gasteiger partial charge is 0.469 e. The van der Waals surface area contributed by atoms with Crippen LogP contribution >= 0.6 is 0 Å². The minimum Gasteiger partial charge on any atom is -0.469 e. The molecule has 1 unspecified atom stereocenters. The molecule has 0 aromatic carbocycles. The minimum atomic E-state index is -0.579. The van der Waals surface area contributed by atoms with Crippen LogP contribution in [0.1, 0.15) is 72.1 Å². The number of esters is 1. The highest BCUT2D eigenvalue weighted by atomic mass is 16.5. The average Bonchev–Trinajstić information content (AvgIpc) is 2.62. The Morgan fingerprint density at radius 1 is 1.26 bits per heavy atom. The Balaban J connectivity index is 1.67. The summed E-state index contributed by atoms with van der Waals surface area (Å²) in [4.78, 5) is 14.8. The molecule has 3 saturated heterocycles. The zero-order valence-electron chi connectivity index (χ0n) is 17.5. The highest BCUT2D eigenvalue weighted by molar-refractivity contribution is 5.69. The fourth-order valence-electron chi connectivity index (χ4n) is 9.25. The Morgan fingerprint density at radius 2 is 2.04 bits per heavy atom. The quantitative estimate of drug-likeness (QED) is 0.759. The van der Waals surface area contributed by atoms with Crippen molar-refractivity contribution in [3.63, 3.8) is 0 Å². The van der Waals surface area contributed by atoms with Gasteiger partial charge in [-0.1, -0.05) is 20.8 Å². The highest BCUT2D eigenvalue weighted by Gasteiger charge is 2.78. The molecular weight excluding hydrogens is 338 g/mol. The van der Waals surface area contributed by atoms with E-state index < -0.39 is 5.72 Å². The highest BCUT2D eigenvalue weighted by Crippen LogP contribution is 2.78. The lowest BCUT2D eigenvalue weighted by Crippen LogP contribution is -2.86. The maximum Gasteiger partial charge on any atom is 0.305 e. The third-order valence-corrected chi connectivity index (χ3v) is 10.3. The van der Waals surface area contributed by atoms with Crippen LogP contribution < -0.4 is 0 Å². The van der Waals surface area contributed by atoms with E-state index in [9.17, 15) is 9.90 Å². The predicted octanol–water partition coefficient (Wildman–Crippen LogP) is 3.82. The molecule has 0 amide bonds. The van der Waals surface area contributed by atoms with Gasteiger partial charge in [-0.05, 0) is 79.4 Å². The molecule has 0 spiro atoms. The third kappa shape index (κ3) is 2.00. The summed E-state index contributed by atoms with van der Waals surface area (Å²) in [5, 5.41) is 11.9. The standard InChI is InChI=1S/C23H37NO3/c1-14(2)16-7-10-21(3)15-12-18-17-6-5-9-23(18,26)24(13-15)20(16)22(17,21)11-8-19(25)27-4/h14-18,20,26H,5-13H2,1-4H3/t15-,16-,17+,18-,20+,21+,22+,23+/m1/s1. The van der Waals surface area contributed by atoms with E-state index in [1.165, 1.54) is 32.8 Å². The Morgan fingerprint density at radius 3 is 2.74 bits per heavy atom. The van der Waals surface area contributed by atoms with Crippen molar-refractivity contribution in [1.29, 1.82) is 0 Å². The fraction of sp³-hybridized carbons (Fsp3) is 0.957. The molecule has 8 bridgehead atoms. The van der Waals surface area contributed by atoms with Crippen LogP contribution in [0.5, 0.6) is 0 Å². The SMILES string of the molecule is COC(=O)CC[C@]12[C@@H]3[C@@H](C(C)C)CC[C@@]1(C)[C@@H]1C[C@@H]4[C@@H]2CCC[C@@]4(O)N3C1. The maximum absolute atomic E-state index is 12.2. The lowest BCUT2D eigenvalue weighted by Gasteiger charge is -2.82. The number of ether oxygens (including phenoxy) is 1. The van der Waals surface area contributed by atoms with Crippen LogP contribution in [0.25, 0.3) is 0 Å². The van der Waals surface area contributed by atoms with Gasteiger partial charge >= 0.3 is 5.97 Å². The predicted molar refractivity (Wildman–Crippen MR) is 104 cm³/mol. The second-order valence-corrected chi connectivity index (χ2v) is 11.0. The van der Waals surface area contributed by atoms with Crippen molar-refractivity contribution in [3.05, 3.63) is 0 Å². The van der Waals surface area contributed by atoms with Crippen LogP contribution in [0.15, 0.2) is 0 Å². The summed E-state index contributed by atoms with van der Waals surface area (Å²) < 4.78 is 5.06. The second-order valence-electron chi connectivity index (χ2n) is 11.0. The molecule has 0 aromatic rings. The molecule has 6 aliphatic rings. The number of hydrogen-bond donors (Lipinski definition) is 1. The molecule has 3 aliphatic carbocycles. The van der Waals surface area contributed by atoms with E-state index in [1.54, 1.807) is 0 Å². The zero-order valence-corrected chi connectivity index (χ0v) is 17.5. The summed E-state index contributed by atoms with van der Waals surface area (Å²) in [6.45, 7) is 8.37. The summed E-state index contributed by atoms with van der Waals surface area (Å²) in [5.41, 5.74) is -0.0923. The normalized spacial score (nSPS) is 55.0. The summed E-state index contributed by atoms with van der Waals surface area (Å²) in [5.74, 6) is 2.86. The van der Waals surface area contributed by atoms with Gasteiger partial charge in [-0.15, -0.1) is 0 Å². The van der Waals surface area contributed by atoms with Gasteiger partial charge in [-0.3, -0.25) is 9.69 Å². The second kappa shape index (κ2) is 5.72. The average molecular weight is 376 g/mol. The van der Waals surface area contributed by atoms with Gasteiger partial charge in [0.15, 0.2) is 0 Å². The van der Waals surface area contributed by atoms with Crippen LogP contribution in [0.4, 0.5) is 0 Å². The van der Waals surface area contributed by atoms with E-state index in [4.69, 9.17) is 4.74 Å². The van der Waals surface area contributed by atoms with E-state index in [0.29, 0.717) is 47.5 Å². The van der Waals surface area contributed by atoms with Gasteiger partial charge in [0, 0.05) is 24.9 Å². The third-order valence-electron chi connectivity index (χ3n) is 10.3. The van der Waals surface area contributed by atoms with Gasteiger partial charge in [0.05, 0.1) is 7.11 Å². The van der Waals surface area contributed by atoms with E-state index in [-0.39, 0.29) is 11.4 Å². The Kier molecular flexibility index (Phi) is 3.90. The fourth-order valence-corrected chi connectivity index (χ4v) is 9.25. The van der Waals surface area contributed by atoms with Gasteiger partial charge < -0.3 is 9.84 Å². The lowest BCUT2D eigenvalue weighted by atomic mass is 9.31. The molecule has 9 atom stereocenters. The van der Waals surface area contributed by atoms with Crippen LogP contribution in [0, 0.1) is 40.4 Å². The Bertz CT molecular complexity index is 650. The Labute approximate surface area is 164 Å². The number of nitrogens with zero attached hydrogens (tertiary/aromatic N) is 1. The maximum atomic E-state index is 12.2. The first-order valence-electron chi connectivity index (χ1n) is 11.4. The Hall–Kier alpha value is -0.610. The number of aliphatic hydroxyl groups is 1. The van der Waals surface area contributed by atoms with Crippen LogP contribution in [0.2, 0.25) is 0 Å². The summed E-state index contributed by atoms with van der Waals surface area (Å²) in [6, 6.07) is 0.434. The van der Waals surface area contributed by atoms with Gasteiger partial charge in [-0.2, -0.15) is 0 Å². The molecule has 3 aliphatic heterocycles. The van der Waals surface area contributed by atoms with Crippen molar-refractivity contribution in [2.45, 2.75) is 83.9 Å². The molecule has 4 heteroatoms. The van der Waals surface area contributed by atoms with E-state index in [0.717, 1.165) is 25.8 Å². The molecule has 0 aromatic heterocycles. The van der Waals surface area contributed by atoms with Gasteiger partial charge in [0.1, 0.15) is 5.72 Å². The molecule has 0 radical (unpaired) electrons. The summed E-state index contributed by atoms with van der Waals surface area (Å²) in [7, 11) is 1.52. The number of piperidine rings is 3.